The highest BCUT2D eigenvalue weighted by Crippen LogP contribution is 2.54. The van der Waals surface area contributed by atoms with E-state index in [-0.39, 0.29) is 11.3 Å². The summed E-state index contributed by atoms with van der Waals surface area (Å²) in [6.07, 6.45) is -0.667. The van der Waals surface area contributed by atoms with Crippen LogP contribution in [0, 0.1) is 5.92 Å². The summed E-state index contributed by atoms with van der Waals surface area (Å²) in [5, 5.41) is 9.11. The van der Waals surface area contributed by atoms with Gasteiger partial charge < -0.3 is 15.6 Å². The molecule has 0 saturated carbocycles. The van der Waals surface area contributed by atoms with Crippen LogP contribution in [-0.2, 0) is 19.1 Å². The van der Waals surface area contributed by atoms with E-state index in [1.807, 2.05) is 0 Å². The molecule has 0 spiro atoms. The number of fused-ring (bicyclic) bond motifs is 1. The largest absolute Gasteiger partial charge is 0.477 e. The van der Waals surface area contributed by atoms with E-state index in [2.05, 4.69) is 0 Å². The number of carbonyl (C=O) groups excluding carboxylic acids is 3. The molecule has 1 saturated heterocycles. The molecule has 0 radical (unpaired) electrons. The summed E-state index contributed by atoms with van der Waals surface area (Å²) in [5.41, 5.74) is 5.87. The summed E-state index contributed by atoms with van der Waals surface area (Å²) in [5.74, 6) is -3.42. The molecular formula is C17H16N2O6S. The van der Waals surface area contributed by atoms with Crippen molar-refractivity contribution in [3.8, 4) is 0 Å². The van der Waals surface area contributed by atoms with Gasteiger partial charge >= 0.3 is 11.9 Å². The van der Waals surface area contributed by atoms with Gasteiger partial charge in [0, 0.05) is 17.4 Å². The molecule has 2 aliphatic rings. The topological polar surface area (TPSA) is 127 Å². The second kappa shape index (κ2) is 6.49. The number of aliphatic carboxylic acids is 1. The first-order valence-electron chi connectivity index (χ1n) is 7.77. The number of hydrogen-bond acceptors (Lipinski definition) is 6. The lowest BCUT2D eigenvalue weighted by Crippen LogP contribution is -2.61. The van der Waals surface area contributed by atoms with E-state index in [4.69, 9.17) is 10.5 Å². The Bertz CT molecular complexity index is 865. The number of primary amides is 1. The first-order chi connectivity index (χ1) is 12.2. The van der Waals surface area contributed by atoms with Crippen LogP contribution < -0.4 is 5.73 Å². The minimum atomic E-state index is -1.24. The molecule has 3 rings (SSSR count). The van der Waals surface area contributed by atoms with Crippen molar-refractivity contribution in [2.45, 2.75) is 25.3 Å². The van der Waals surface area contributed by atoms with Crippen LogP contribution in [0.3, 0.4) is 0 Å². The predicted molar refractivity (Wildman–Crippen MR) is 92.5 cm³/mol. The van der Waals surface area contributed by atoms with Crippen molar-refractivity contribution < 1.29 is 29.0 Å². The van der Waals surface area contributed by atoms with Gasteiger partial charge in [-0.05, 0) is 24.6 Å². The number of hydrogen-bond donors (Lipinski definition) is 2. The van der Waals surface area contributed by atoms with Gasteiger partial charge in [0.1, 0.15) is 23.1 Å². The van der Waals surface area contributed by atoms with Crippen molar-refractivity contribution in [1.29, 1.82) is 0 Å². The van der Waals surface area contributed by atoms with Crippen LogP contribution in [0.25, 0.3) is 4.91 Å². The molecule has 0 aliphatic carbocycles. The van der Waals surface area contributed by atoms with E-state index in [0.29, 0.717) is 10.5 Å². The number of rotatable bonds is 5. The lowest BCUT2D eigenvalue weighted by molar-refractivity contribution is -0.165. The highest BCUT2D eigenvalue weighted by Gasteiger charge is 2.58. The molecule has 1 aromatic carbocycles. The Morgan fingerprint density at radius 3 is 2.62 bits per heavy atom. The van der Waals surface area contributed by atoms with Crippen molar-refractivity contribution in [2.24, 2.45) is 11.7 Å². The summed E-state index contributed by atoms with van der Waals surface area (Å²) in [6.45, 7) is 2.86. The maximum atomic E-state index is 12.5. The van der Waals surface area contributed by atoms with Crippen LogP contribution >= 0.6 is 11.8 Å². The van der Waals surface area contributed by atoms with E-state index in [1.54, 1.807) is 19.1 Å². The van der Waals surface area contributed by atoms with E-state index in [9.17, 15) is 24.3 Å². The second-order valence-corrected chi connectivity index (χ2v) is 7.11. The third-order valence-corrected chi connectivity index (χ3v) is 5.66. The minimum Gasteiger partial charge on any atom is -0.477 e. The quantitative estimate of drug-likeness (QED) is 0.580. The Morgan fingerprint density at radius 1 is 1.35 bits per heavy atom. The SMILES string of the molecule is CC(=O)O[C@H](C)[C@H]1C(=O)N2C(C(=O)O)=C(c3cccc(C(N)=O)c3)S[C@H]12. The van der Waals surface area contributed by atoms with Crippen LogP contribution in [0.1, 0.15) is 29.8 Å². The molecule has 2 amide bonds. The van der Waals surface area contributed by atoms with E-state index >= 15 is 0 Å². The Balaban J connectivity index is 1.96. The van der Waals surface area contributed by atoms with Gasteiger partial charge in [-0.15, -0.1) is 0 Å². The van der Waals surface area contributed by atoms with Gasteiger partial charge in [0.15, 0.2) is 0 Å². The molecule has 0 aromatic heterocycles. The van der Waals surface area contributed by atoms with Crippen molar-refractivity contribution >= 4 is 40.4 Å². The number of nitrogens with zero attached hydrogens (tertiary/aromatic N) is 1. The smallest absolute Gasteiger partial charge is 0.353 e. The molecule has 9 heteroatoms. The minimum absolute atomic E-state index is 0.141. The molecule has 0 bridgehead atoms. The molecule has 1 aromatic rings. The van der Waals surface area contributed by atoms with Gasteiger partial charge in [0.05, 0.1) is 0 Å². The molecule has 8 nitrogen and oxygen atoms in total. The van der Waals surface area contributed by atoms with Gasteiger partial charge in [0.2, 0.25) is 11.8 Å². The van der Waals surface area contributed by atoms with Gasteiger partial charge in [-0.3, -0.25) is 19.3 Å². The second-order valence-electron chi connectivity index (χ2n) is 5.98. The van der Waals surface area contributed by atoms with Crippen LogP contribution in [-0.4, -0.2) is 45.2 Å². The Morgan fingerprint density at radius 2 is 2.04 bits per heavy atom. The van der Waals surface area contributed by atoms with Crippen molar-refractivity contribution in [3.63, 3.8) is 0 Å². The summed E-state index contributed by atoms with van der Waals surface area (Å²) < 4.78 is 5.09. The maximum absolute atomic E-state index is 12.5. The number of carbonyl (C=O) groups is 4. The zero-order valence-electron chi connectivity index (χ0n) is 14.0. The van der Waals surface area contributed by atoms with Crippen LogP contribution in [0.5, 0.6) is 0 Å². The van der Waals surface area contributed by atoms with Crippen LogP contribution in [0.2, 0.25) is 0 Å². The number of esters is 1. The average Bonchev–Trinajstić information content (AvgIpc) is 2.89. The molecule has 136 valence electrons. The number of thioether (sulfide) groups is 1. The summed E-state index contributed by atoms with van der Waals surface area (Å²) in [7, 11) is 0. The lowest BCUT2D eigenvalue weighted by Gasteiger charge is -2.44. The highest BCUT2D eigenvalue weighted by molar-refractivity contribution is 8.09. The summed E-state index contributed by atoms with van der Waals surface area (Å²) in [4.78, 5) is 48.4. The molecular weight excluding hydrogens is 360 g/mol. The first kappa shape index (κ1) is 18.0. The number of nitrogens with two attached hydrogens (primary N) is 1. The normalized spacial score (nSPS) is 22.5. The fraction of sp³-hybridized carbons (Fsp3) is 0.294. The van der Waals surface area contributed by atoms with Crippen LogP contribution in [0.15, 0.2) is 30.0 Å². The average molecular weight is 376 g/mol. The first-order valence-corrected chi connectivity index (χ1v) is 8.65. The Labute approximate surface area is 153 Å². The number of benzene rings is 1. The fourth-order valence-electron chi connectivity index (χ4n) is 3.12. The lowest BCUT2D eigenvalue weighted by atomic mass is 9.91. The molecule has 26 heavy (non-hydrogen) atoms. The van der Waals surface area contributed by atoms with Crippen molar-refractivity contribution in [1.82, 2.24) is 4.90 Å². The molecule has 3 atom stereocenters. The van der Waals surface area contributed by atoms with E-state index in [0.717, 1.165) is 0 Å². The van der Waals surface area contributed by atoms with Crippen LogP contribution in [0.4, 0.5) is 0 Å². The summed E-state index contributed by atoms with van der Waals surface area (Å²) >= 11 is 1.20. The molecule has 1 fully saturated rings. The Kier molecular flexibility index (Phi) is 4.49. The van der Waals surface area contributed by atoms with Crippen molar-refractivity contribution in [3.05, 3.63) is 41.1 Å². The monoisotopic (exact) mass is 376 g/mol. The number of amides is 2. The van der Waals surface area contributed by atoms with Gasteiger partial charge in [0.25, 0.3) is 0 Å². The zero-order valence-corrected chi connectivity index (χ0v) is 14.8. The molecule has 2 heterocycles. The number of carboxylic acid groups (broad SMARTS) is 1. The van der Waals surface area contributed by atoms with Gasteiger partial charge in [-0.25, -0.2) is 4.79 Å². The van der Waals surface area contributed by atoms with E-state index in [1.165, 1.54) is 35.7 Å². The molecule has 0 unspecified atom stereocenters. The maximum Gasteiger partial charge on any atom is 0.353 e. The van der Waals surface area contributed by atoms with Gasteiger partial charge in [-0.2, -0.15) is 0 Å². The van der Waals surface area contributed by atoms with Gasteiger partial charge in [-0.1, -0.05) is 23.9 Å². The molecule has 3 N–H and O–H groups in total. The third kappa shape index (κ3) is 2.84. The third-order valence-electron chi connectivity index (χ3n) is 4.25. The number of ether oxygens (including phenoxy) is 1. The standard InChI is InChI=1S/C17H16N2O6S/c1-7(25-8(2)20)11-15(22)19-12(17(23)24)13(26-16(11)19)9-4-3-5-10(6-9)14(18)21/h3-7,11,16H,1-2H3,(H2,18,21)(H,23,24)/t7-,11+,16-/m1/s1. The molecule has 2 aliphatic heterocycles. The van der Waals surface area contributed by atoms with Crippen molar-refractivity contribution in [2.75, 3.05) is 0 Å². The summed E-state index contributed by atoms with van der Waals surface area (Å²) in [6, 6.07) is 6.27. The number of β-lactam (4-membered cyclic amide) rings is 1. The number of carboxylic acids is 1. The predicted octanol–water partition coefficient (Wildman–Crippen LogP) is 1.02. The highest BCUT2D eigenvalue weighted by atomic mass is 32.2. The Hall–Kier alpha value is -2.81. The van der Waals surface area contributed by atoms with E-state index < -0.39 is 41.1 Å². The zero-order chi connectivity index (χ0) is 19.2. The fourth-order valence-corrected chi connectivity index (χ4v) is 4.72.